The summed E-state index contributed by atoms with van der Waals surface area (Å²) in [5.41, 5.74) is 2.83. The van der Waals surface area contributed by atoms with E-state index >= 15 is 0 Å². The fourth-order valence-corrected chi connectivity index (χ4v) is 2.90. The highest BCUT2D eigenvalue weighted by atomic mass is 16.5. The minimum Gasteiger partial charge on any atom is -0.496 e. The molecule has 1 fully saturated rings. The molecule has 0 aliphatic heterocycles. The van der Waals surface area contributed by atoms with Crippen LogP contribution in [0.3, 0.4) is 0 Å². The highest BCUT2D eigenvalue weighted by Crippen LogP contribution is 2.42. The van der Waals surface area contributed by atoms with E-state index in [1.807, 2.05) is 0 Å². The number of ether oxygens (including phenoxy) is 1. The molecule has 3 rings (SSSR count). The maximum atomic E-state index is 5.45. The Balaban J connectivity index is 2.01. The second kappa shape index (κ2) is 4.27. The summed E-state index contributed by atoms with van der Waals surface area (Å²) >= 11 is 0. The predicted octanol–water partition coefficient (Wildman–Crippen LogP) is 3.05. The predicted molar refractivity (Wildman–Crippen MR) is 78.9 cm³/mol. The van der Waals surface area contributed by atoms with Crippen LogP contribution in [0.4, 0.5) is 0 Å². The van der Waals surface area contributed by atoms with Crippen LogP contribution in [0.5, 0.6) is 5.75 Å². The lowest BCUT2D eigenvalue weighted by molar-refractivity contribution is 0.244. The van der Waals surface area contributed by atoms with Crippen molar-refractivity contribution in [1.82, 2.24) is 9.47 Å². The third kappa shape index (κ3) is 2.02. The monoisotopic (exact) mass is 258 g/mol. The Labute approximate surface area is 114 Å². The SMILES string of the molecule is COc1cc2c(ccn2CC2(N(C)C)CC2)cc1C. The van der Waals surface area contributed by atoms with Gasteiger partial charge in [0.05, 0.1) is 12.6 Å². The van der Waals surface area contributed by atoms with Gasteiger partial charge >= 0.3 is 0 Å². The van der Waals surface area contributed by atoms with Crippen molar-refractivity contribution in [3.8, 4) is 5.75 Å². The molecule has 0 N–H and O–H groups in total. The van der Waals surface area contributed by atoms with Crippen molar-refractivity contribution < 1.29 is 4.74 Å². The average Bonchev–Trinajstić information content (AvgIpc) is 3.07. The van der Waals surface area contributed by atoms with Gasteiger partial charge in [0.25, 0.3) is 0 Å². The van der Waals surface area contributed by atoms with Gasteiger partial charge in [0.1, 0.15) is 5.75 Å². The van der Waals surface area contributed by atoms with E-state index in [4.69, 9.17) is 4.74 Å². The zero-order valence-corrected chi connectivity index (χ0v) is 12.2. The minimum absolute atomic E-state index is 0.365. The quantitative estimate of drug-likeness (QED) is 0.838. The van der Waals surface area contributed by atoms with Gasteiger partial charge in [-0.1, -0.05) is 0 Å². The van der Waals surface area contributed by atoms with Crippen LogP contribution in [0.2, 0.25) is 0 Å². The van der Waals surface area contributed by atoms with Crippen LogP contribution in [0.15, 0.2) is 24.4 Å². The Hall–Kier alpha value is -1.48. The number of aryl methyl sites for hydroxylation is 1. The van der Waals surface area contributed by atoms with E-state index < -0.39 is 0 Å². The second-order valence-electron chi connectivity index (χ2n) is 5.94. The molecule has 0 bridgehead atoms. The largest absolute Gasteiger partial charge is 0.496 e. The Morgan fingerprint density at radius 1 is 1.32 bits per heavy atom. The van der Waals surface area contributed by atoms with Crippen LogP contribution in [-0.4, -0.2) is 36.2 Å². The molecule has 1 aliphatic carbocycles. The molecule has 3 nitrogen and oxygen atoms in total. The fourth-order valence-electron chi connectivity index (χ4n) is 2.90. The van der Waals surface area contributed by atoms with Gasteiger partial charge in [-0.15, -0.1) is 0 Å². The van der Waals surface area contributed by atoms with Gasteiger partial charge in [-0.2, -0.15) is 0 Å². The normalized spacial score (nSPS) is 17.1. The lowest BCUT2D eigenvalue weighted by Crippen LogP contribution is -2.34. The molecule has 19 heavy (non-hydrogen) atoms. The van der Waals surface area contributed by atoms with Crippen LogP contribution in [0, 0.1) is 6.92 Å². The van der Waals surface area contributed by atoms with E-state index in [9.17, 15) is 0 Å². The molecule has 0 radical (unpaired) electrons. The number of aromatic nitrogens is 1. The van der Waals surface area contributed by atoms with Crippen molar-refractivity contribution in [3.63, 3.8) is 0 Å². The molecular formula is C16H22N2O. The molecule has 1 aromatic carbocycles. The first-order valence-electron chi connectivity index (χ1n) is 6.87. The highest BCUT2D eigenvalue weighted by Gasteiger charge is 2.45. The summed E-state index contributed by atoms with van der Waals surface area (Å²) in [6, 6.07) is 6.57. The highest BCUT2D eigenvalue weighted by molar-refractivity contribution is 5.83. The van der Waals surface area contributed by atoms with E-state index in [1.165, 1.54) is 29.3 Å². The van der Waals surface area contributed by atoms with Crippen LogP contribution in [-0.2, 0) is 6.54 Å². The Morgan fingerprint density at radius 2 is 2.05 bits per heavy atom. The summed E-state index contributed by atoms with van der Waals surface area (Å²) in [4.78, 5) is 2.37. The smallest absolute Gasteiger partial charge is 0.123 e. The number of likely N-dealkylation sites (N-methyl/N-ethyl adjacent to an activating group) is 1. The van der Waals surface area contributed by atoms with Gasteiger partial charge in [0.15, 0.2) is 0 Å². The number of hydrogen-bond acceptors (Lipinski definition) is 2. The first-order chi connectivity index (χ1) is 9.05. The third-order valence-electron chi connectivity index (χ3n) is 4.53. The molecule has 102 valence electrons. The van der Waals surface area contributed by atoms with Crippen LogP contribution < -0.4 is 4.74 Å². The van der Waals surface area contributed by atoms with Crippen molar-refractivity contribution >= 4 is 10.9 Å². The molecule has 0 amide bonds. The maximum Gasteiger partial charge on any atom is 0.123 e. The Bertz CT molecular complexity index is 608. The average molecular weight is 258 g/mol. The topological polar surface area (TPSA) is 17.4 Å². The van der Waals surface area contributed by atoms with Gasteiger partial charge < -0.3 is 14.2 Å². The number of nitrogens with zero attached hydrogens (tertiary/aromatic N) is 2. The first-order valence-corrected chi connectivity index (χ1v) is 6.87. The number of benzene rings is 1. The molecule has 1 aromatic heterocycles. The lowest BCUT2D eigenvalue weighted by atomic mass is 10.1. The number of methoxy groups -OCH3 is 1. The fraction of sp³-hybridized carbons (Fsp3) is 0.500. The summed E-state index contributed by atoms with van der Waals surface area (Å²) in [7, 11) is 6.11. The summed E-state index contributed by atoms with van der Waals surface area (Å²) < 4.78 is 7.81. The van der Waals surface area contributed by atoms with Gasteiger partial charge in [0, 0.05) is 29.7 Å². The first kappa shape index (κ1) is 12.5. The summed E-state index contributed by atoms with van der Waals surface area (Å²) in [5.74, 6) is 0.974. The number of rotatable bonds is 4. The Morgan fingerprint density at radius 3 is 2.63 bits per heavy atom. The van der Waals surface area contributed by atoms with Gasteiger partial charge in [-0.05, 0) is 51.6 Å². The maximum absolute atomic E-state index is 5.45. The van der Waals surface area contributed by atoms with Crippen molar-refractivity contribution in [3.05, 3.63) is 30.0 Å². The van der Waals surface area contributed by atoms with Gasteiger partial charge in [0.2, 0.25) is 0 Å². The van der Waals surface area contributed by atoms with Crippen molar-refractivity contribution in [2.24, 2.45) is 0 Å². The van der Waals surface area contributed by atoms with Crippen LogP contribution in [0.25, 0.3) is 10.9 Å². The standard InChI is InChI=1S/C16H22N2O/c1-12-9-13-5-8-18(14(13)10-15(12)19-4)11-16(6-7-16)17(2)3/h5,8-10H,6-7,11H2,1-4H3. The Kier molecular flexibility index (Phi) is 2.82. The summed E-state index contributed by atoms with van der Waals surface area (Å²) in [6.07, 6.45) is 4.79. The van der Waals surface area contributed by atoms with E-state index in [0.717, 1.165) is 12.3 Å². The zero-order valence-electron chi connectivity index (χ0n) is 12.2. The lowest BCUT2D eigenvalue weighted by Gasteiger charge is -2.24. The molecule has 0 saturated heterocycles. The minimum atomic E-state index is 0.365. The van der Waals surface area contributed by atoms with Crippen LogP contribution in [0.1, 0.15) is 18.4 Å². The number of hydrogen-bond donors (Lipinski definition) is 0. The summed E-state index contributed by atoms with van der Waals surface area (Å²) in [5, 5.41) is 1.30. The van der Waals surface area contributed by atoms with Gasteiger partial charge in [-0.25, -0.2) is 0 Å². The molecular weight excluding hydrogens is 236 g/mol. The molecule has 0 spiro atoms. The van der Waals surface area contributed by atoms with E-state index in [0.29, 0.717) is 5.54 Å². The molecule has 0 unspecified atom stereocenters. The van der Waals surface area contributed by atoms with E-state index in [-0.39, 0.29) is 0 Å². The second-order valence-corrected chi connectivity index (χ2v) is 5.94. The van der Waals surface area contributed by atoms with Gasteiger partial charge in [-0.3, -0.25) is 0 Å². The van der Waals surface area contributed by atoms with Crippen molar-refractivity contribution in [2.75, 3.05) is 21.2 Å². The summed E-state index contributed by atoms with van der Waals surface area (Å²) in [6.45, 7) is 3.16. The molecule has 1 aliphatic rings. The number of fused-ring (bicyclic) bond motifs is 1. The van der Waals surface area contributed by atoms with Crippen molar-refractivity contribution in [1.29, 1.82) is 0 Å². The van der Waals surface area contributed by atoms with Crippen LogP contribution >= 0.6 is 0 Å². The molecule has 0 atom stereocenters. The van der Waals surface area contributed by atoms with Crippen molar-refractivity contribution in [2.45, 2.75) is 31.8 Å². The molecule has 1 heterocycles. The zero-order chi connectivity index (χ0) is 13.6. The molecule has 3 heteroatoms. The third-order valence-corrected chi connectivity index (χ3v) is 4.53. The molecule has 2 aromatic rings. The molecule has 1 saturated carbocycles. The van der Waals surface area contributed by atoms with E-state index in [2.05, 4.69) is 54.9 Å². The van der Waals surface area contributed by atoms with E-state index in [1.54, 1.807) is 7.11 Å².